The van der Waals surface area contributed by atoms with E-state index in [1.165, 1.54) is 5.39 Å². The molecule has 0 aliphatic heterocycles. The monoisotopic (exact) mass is 197 g/mol. The number of nitriles is 1. The van der Waals surface area contributed by atoms with Crippen molar-refractivity contribution in [2.45, 2.75) is 13.0 Å². The van der Waals surface area contributed by atoms with Crippen molar-refractivity contribution in [3.05, 3.63) is 42.5 Å². The minimum atomic E-state index is -0.411. The molecule has 0 aliphatic rings. The summed E-state index contributed by atoms with van der Waals surface area (Å²) in [6.45, 7) is 1.73. The van der Waals surface area contributed by atoms with Crippen LogP contribution < -0.4 is 4.74 Å². The predicted octanol–water partition coefficient (Wildman–Crippen LogP) is 3.13. The second-order valence-corrected chi connectivity index (χ2v) is 3.40. The van der Waals surface area contributed by atoms with E-state index in [0.717, 1.165) is 11.1 Å². The van der Waals surface area contributed by atoms with Crippen LogP contribution in [0.5, 0.6) is 5.75 Å². The summed E-state index contributed by atoms with van der Waals surface area (Å²) >= 11 is 0. The Labute approximate surface area is 88.7 Å². The van der Waals surface area contributed by atoms with Crippen LogP contribution in [0.25, 0.3) is 10.8 Å². The Hall–Kier alpha value is -2.01. The Morgan fingerprint density at radius 3 is 2.60 bits per heavy atom. The molecule has 15 heavy (non-hydrogen) atoms. The summed E-state index contributed by atoms with van der Waals surface area (Å²) in [4.78, 5) is 0. The third-order valence-corrected chi connectivity index (χ3v) is 2.22. The summed E-state index contributed by atoms with van der Waals surface area (Å²) in [5.41, 5.74) is 0. The molecule has 0 radical (unpaired) electrons. The first-order chi connectivity index (χ1) is 7.29. The minimum Gasteiger partial charge on any atom is -0.476 e. The molecular weight excluding hydrogens is 186 g/mol. The van der Waals surface area contributed by atoms with Crippen molar-refractivity contribution in [2.75, 3.05) is 0 Å². The molecule has 0 heterocycles. The van der Waals surface area contributed by atoms with Crippen LogP contribution in [-0.2, 0) is 0 Å². The number of hydrogen-bond donors (Lipinski definition) is 0. The fraction of sp³-hybridized carbons (Fsp3) is 0.154. The summed E-state index contributed by atoms with van der Waals surface area (Å²) in [5, 5.41) is 10.9. The van der Waals surface area contributed by atoms with Gasteiger partial charge in [-0.3, -0.25) is 0 Å². The van der Waals surface area contributed by atoms with Crippen molar-refractivity contribution in [3.63, 3.8) is 0 Å². The minimum absolute atomic E-state index is 0.411. The van der Waals surface area contributed by atoms with Gasteiger partial charge in [0.1, 0.15) is 11.8 Å². The van der Waals surface area contributed by atoms with Crippen molar-refractivity contribution in [1.29, 1.82) is 5.26 Å². The Bertz CT molecular complexity index is 513. The van der Waals surface area contributed by atoms with Gasteiger partial charge in [0.15, 0.2) is 6.10 Å². The Balaban J connectivity index is 2.35. The molecule has 0 bridgehead atoms. The zero-order valence-corrected chi connectivity index (χ0v) is 8.47. The van der Waals surface area contributed by atoms with Gasteiger partial charge in [0.25, 0.3) is 0 Å². The maximum absolute atomic E-state index is 8.63. The van der Waals surface area contributed by atoms with E-state index >= 15 is 0 Å². The normalized spacial score (nSPS) is 12.0. The van der Waals surface area contributed by atoms with Gasteiger partial charge >= 0.3 is 0 Å². The molecule has 0 aromatic heterocycles. The number of benzene rings is 2. The Morgan fingerprint density at radius 1 is 1.13 bits per heavy atom. The molecular formula is C13H11NO. The average molecular weight is 197 g/mol. The third-order valence-electron chi connectivity index (χ3n) is 2.22. The predicted molar refractivity (Wildman–Crippen MR) is 59.7 cm³/mol. The summed E-state index contributed by atoms with van der Waals surface area (Å²) < 4.78 is 5.41. The van der Waals surface area contributed by atoms with E-state index in [1.54, 1.807) is 6.92 Å². The molecule has 2 heteroatoms. The molecule has 0 saturated carbocycles. The van der Waals surface area contributed by atoms with Gasteiger partial charge in [-0.05, 0) is 29.8 Å². The van der Waals surface area contributed by atoms with E-state index in [-0.39, 0.29) is 0 Å². The van der Waals surface area contributed by atoms with Crippen LogP contribution >= 0.6 is 0 Å². The second kappa shape index (κ2) is 4.02. The molecule has 0 unspecified atom stereocenters. The largest absolute Gasteiger partial charge is 0.476 e. The van der Waals surface area contributed by atoms with E-state index in [9.17, 15) is 0 Å². The van der Waals surface area contributed by atoms with E-state index in [0.29, 0.717) is 0 Å². The molecule has 74 valence electrons. The van der Waals surface area contributed by atoms with Crippen LogP contribution in [-0.4, -0.2) is 6.10 Å². The first-order valence-corrected chi connectivity index (χ1v) is 4.84. The molecule has 0 amide bonds. The lowest BCUT2D eigenvalue weighted by Gasteiger charge is -2.08. The number of hydrogen-bond acceptors (Lipinski definition) is 2. The van der Waals surface area contributed by atoms with Gasteiger partial charge in [-0.25, -0.2) is 0 Å². The van der Waals surface area contributed by atoms with Crippen molar-refractivity contribution >= 4 is 10.8 Å². The standard InChI is InChI=1S/C13H11NO/c1-10(9-14)15-13-7-6-11-4-2-3-5-12(11)8-13/h2-8,10H,1H3/t10-/m1/s1. The third kappa shape index (κ3) is 2.08. The quantitative estimate of drug-likeness (QED) is 0.741. The average Bonchev–Trinajstić information content (AvgIpc) is 2.29. The molecule has 0 saturated heterocycles. The Morgan fingerprint density at radius 2 is 1.87 bits per heavy atom. The van der Waals surface area contributed by atoms with E-state index < -0.39 is 6.10 Å². The van der Waals surface area contributed by atoms with Crippen LogP contribution in [0.2, 0.25) is 0 Å². The van der Waals surface area contributed by atoms with Crippen LogP contribution in [0.4, 0.5) is 0 Å². The smallest absolute Gasteiger partial charge is 0.181 e. The van der Waals surface area contributed by atoms with Crippen molar-refractivity contribution in [2.24, 2.45) is 0 Å². The van der Waals surface area contributed by atoms with E-state index in [1.807, 2.05) is 48.5 Å². The topological polar surface area (TPSA) is 33.0 Å². The Kier molecular flexibility index (Phi) is 2.55. The first-order valence-electron chi connectivity index (χ1n) is 4.84. The zero-order valence-electron chi connectivity index (χ0n) is 8.47. The van der Waals surface area contributed by atoms with Crippen LogP contribution in [0.15, 0.2) is 42.5 Å². The maximum Gasteiger partial charge on any atom is 0.181 e. The van der Waals surface area contributed by atoms with Gasteiger partial charge in [0.05, 0.1) is 0 Å². The summed E-state index contributed by atoms with van der Waals surface area (Å²) in [7, 11) is 0. The van der Waals surface area contributed by atoms with Gasteiger partial charge in [-0.1, -0.05) is 30.3 Å². The molecule has 2 nitrogen and oxygen atoms in total. The van der Waals surface area contributed by atoms with Gasteiger partial charge in [0.2, 0.25) is 0 Å². The lowest BCUT2D eigenvalue weighted by atomic mass is 10.1. The number of nitrogens with zero attached hydrogens (tertiary/aromatic N) is 1. The van der Waals surface area contributed by atoms with Gasteiger partial charge in [0, 0.05) is 0 Å². The molecule has 0 spiro atoms. The van der Waals surface area contributed by atoms with Crippen molar-refractivity contribution in [3.8, 4) is 11.8 Å². The first kappa shape index (κ1) is 9.54. The highest BCUT2D eigenvalue weighted by Gasteiger charge is 2.01. The summed E-state index contributed by atoms with van der Waals surface area (Å²) in [5.74, 6) is 0.739. The van der Waals surface area contributed by atoms with Gasteiger partial charge in [-0.2, -0.15) is 5.26 Å². The highest BCUT2D eigenvalue weighted by Crippen LogP contribution is 2.21. The molecule has 0 aliphatic carbocycles. The van der Waals surface area contributed by atoms with Crippen LogP contribution in [0, 0.1) is 11.3 Å². The molecule has 2 aromatic rings. The molecule has 2 aromatic carbocycles. The van der Waals surface area contributed by atoms with Gasteiger partial charge in [-0.15, -0.1) is 0 Å². The van der Waals surface area contributed by atoms with Gasteiger partial charge < -0.3 is 4.74 Å². The number of fused-ring (bicyclic) bond motifs is 1. The molecule has 0 fully saturated rings. The number of rotatable bonds is 2. The fourth-order valence-corrected chi connectivity index (χ4v) is 1.47. The summed E-state index contributed by atoms with van der Waals surface area (Å²) in [6.07, 6.45) is -0.411. The second-order valence-electron chi connectivity index (χ2n) is 3.40. The lowest BCUT2D eigenvalue weighted by Crippen LogP contribution is -2.07. The van der Waals surface area contributed by atoms with Crippen LogP contribution in [0.3, 0.4) is 0 Å². The maximum atomic E-state index is 8.63. The zero-order chi connectivity index (χ0) is 10.7. The van der Waals surface area contributed by atoms with Crippen molar-refractivity contribution in [1.82, 2.24) is 0 Å². The molecule has 1 atom stereocenters. The SMILES string of the molecule is C[C@H](C#N)Oc1ccc2ccccc2c1. The van der Waals surface area contributed by atoms with E-state index in [4.69, 9.17) is 10.00 Å². The number of ether oxygens (including phenoxy) is 1. The highest BCUT2D eigenvalue weighted by atomic mass is 16.5. The highest BCUT2D eigenvalue weighted by molar-refractivity contribution is 5.83. The summed E-state index contributed by atoms with van der Waals surface area (Å²) in [6, 6.07) is 15.9. The molecule has 0 N–H and O–H groups in total. The molecule has 2 rings (SSSR count). The van der Waals surface area contributed by atoms with Crippen LogP contribution in [0.1, 0.15) is 6.92 Å². The fourth-order valence-electron chi connectivity index (χ4n) is 1.47. The lowest BCUT2D eigenvalue weighted by molar-refractivity contribution is 0.277. The van der Waals surface area contributed by atoms with Crippen molar-refractivity contribution < 1.29 is 4.74 Å². The van der Waals surface area contributed by atoms with E-state index in [2.05, 4.69) is 0 Å².